The number of carboxylic acids is 1. The van der Waals surface area contributed by atoms with Crippen molar-refractivity contribution in [2.75, 3.05) is 24.5 Å². The van der Waals surface area contributed by atoms with Crippen LogP contribution in [0.5, 0.6) is 0 Å². The van der Waals surface area contributed by atoms with E-state index in [1.165, 1.54) is 0 Å². The maximum absolute atomic E-state index is 13.7. The molecule has 1 atom stereocenters. The molecule has 0 radical (unpaired) electrons. The first kappa shape index (κ1) is 21.0. The maximum atomic E-state index is 13.7. The molecular formula is C19H17F2N3O6. The number of amides is 1. The Morgan fingerprint density at radius 1 is 1.17 bits per heavy atom. The van der Waals surface area contributed by atoms with Crippen molar-refractivity contribution in [1.82, 2.24) is 4.90 Å². The summed E-state index contributed by atoms with van der Waals surface area (Å²) >= 11 is 0. The van der Waals surface area contributed by atoms with Gasteiger partial charge in [-0.05, 0) is 5.56 Å². The smallest absolute Gasteiger partial charge is 0.410 e. The SMILES string of the molecule is O=C(O)[C@H]1CN(C(=O)OCc2ccccc2)CCN1c1cc(F)c(F)cc1[N+](=O)[O-]. The van der Waals surface area contributed by atoms with E-state index in [9.17, 15) is 33.6 Å². The highest BCUT2D eigenvalue weighted by atomic mass is 19.2. The summed E-state index contributed by atoms with van der Waals surface area (Å²) < 4.78 is 32.4. The van der Waals surface area contributed by atoms with Crippen molar-refractivity contribution >= 4 is 23.4 Å². The van der Waals surface area contributed by atoms with Crippen LogP contribution in [0.4, 0.5) is 25.0 Å². The third kappa shape index (κ3) is 4.45. The number of anilines is 1. The monoisotopic (exact) mass is 421 g/mol. The van der Waals surface area contributed by atoms with E-state index in [0.717, 1.165) is 15.4 Å². The van der Waals surface area contributed by atoms with Crippen LogP contribution in [0.25, 0.3) is 0 Å². The molecule has 1 aliphatic rings. The van der Waals surface area contributed by atoms with Crippen molar-refractivity contribution in [1.29, 1.82) is 0 Å². The van der Waals surface area contributed by atoms with Crippen LogP contribution < -0.4 is 4.90 Å². The molecule has 30 heavy (non-hydrogen) atoms. The normalized spacial score (nSPS) is 16.3. The number of benzene rings is 2. The van der Waals surface area contributed by atoms with Gasteiger partial charge in [0.2, 0.25) is 0 Å². The fourth-order valence-corrected chi connectivity index (χ4v) is 3.16. The Kier molecular flexibility index (Phi) is 6.09. The second kappa shape index (κ2) is 8.72. The van der Waals surface area contributed by atoms with Gasteiger partial charge in [-0.3, -0.25) is 10.1 Å². The molecule has 1 heterocycles. The second-order valence-electron chi connectivity index (χ2n) is 6.55. The summed E-state index contributed by atoms with van der Waals surface area (Å²) in [6, 6.07) is 8.46. The molecule has 0 spiro atoms. The summed E-state index contributed by atoms with van der Waals surface area (Å²) in [5, 5.41) is 20.8. The first-order valence-electron chi connectivity index (χ1n) is 8.86. The van der Waals surface area contributed by atoms with Crippen LogP contribution in [0.2, 0.25) is 0 Å². The summed E-state index contributed by atoms with van der Waals surface area (Å²) in [7, 11) is 0. The standard InChI is InChI=1S/C19H17F2N3O6/c20-13-8-15(16(24(28)29)9-14(13)21)23-7-6-22(10-17(23)18(25)26)19(27)30-11-12-4-2-1-3-5-12/h1-5,8-9,17H,6-7,10-11H2,(H,25,26)/t17-/m1/s1. The highest BCUT2D eigenvalue weighted by molar-refractivity contribution is 5.82. The van der Waals surface area contributed by atoms with Gasteiger partial charge in [0.1, 0.15) is 18.3 Å². The molecule has 1 N–H and O–H groups in total. The number of carboxylic acid groups (broad SMARTS) is 1. The van der Waals surface area contributed by atoms with E-state index in [2.05, 4.69) is 0 Å². The van der Waals surface area contributed by atoms with Crippen molar-refractivity contribution in [3.8, 4) is 0 Å². The topological polar surface area (TPSA) is 113 Å². The molecule has 1 saturated heterocycles. The number of ether oxygens (including phenoxy) is 1. The van der Waals surface area contributed by atoms with Gasteiger partial charge in [0.05, 0.1) is 17.5 Å². The van der Waals surface area contributed by atoms with Crippen molar-refractivity contribution in [3.63, 3.8) is 0 Å². The van der Waals surface area contributed by atoms with E-state index < -0.39 is 40.3 Å². The minimum absolute atomic E-state index is 0.00767. The Bertz CT molecular complexity index is 972. The van der Waals surface area contributed by atoms with Gasteiger partial charge < -0.3 is 19.6 Å². The number of aliphatic carboxylic acids is 1. The van der Waals surface area contributed by atoms with E-state index in [1.807, 2.05) is 0 Å². The Morgan fingerprint density at radius 3 is 2.47 bits per heavy atom. The molecule has 11 heteroatoms. The Balaban J connectivity index is 1.78. The lowest BCUT2D eigenvalue weighted by Crippen LogP contribution is -2.58. The van der Waals surface area contributed by atoms with Crippen LogP contribution in [0.15, 0.2) is 42.5 Å². The number of carbonyl (C=O) groups excluding carboxylic acids is 1. The summed E-state index contributed by atoms with van der Waals surface area (Å²) in [5.74, 6) is -4.14. The van der Waals surface area contributed by atoms with Crippen molar-refractivity contribution in [2.24, 2.45) is 0 Å². The van der Waals surface area contributed by atoms with Gasteiger partial charge in [-0.15, -0.1) is 0 Å². The van der Waals surface area contributed by atoms with Crippen LogP contribution in [-0.2, 0) is 16.1 Å². The highest BCUT2D eigenvalue weighted by Crippen LogP contribution is 2.33. The molecule has 1 amide bonds. The number of nitro groups is 1. The lowest BCUT2D eigenvalue weighted by atomic mass is 10.1. The number of rotatable bonds is 5. The van der Waals surface area contributed by atoms with E-state index in [0.29, 0.717) is 12.1 Å². The van der Waals surface area contributed by atoms with E-state index in [4.69, 9.17) is 4.74 Å². The van der Waals surface area contributed by atoms with Crippen LogP contribution in [0, 0.1) is 21.7 Å². The molecule has 1 fully saturated rings. The van der Waals surface area contributed by atoms with Gasteiger partial charge in [-0.25, -0.2) is 18.4 Å². The molecule has 0 bridgehead atoms. The Hall–Kier alpha value is -3.76. The second-order valence-corrected chi connectivity index (χ2v) is 6.55. The zero-order chi connectivity index (χ0) is 21.8. The zero-order valence-corrected chi connectivity index (χ0v) is 15.5. The molecule has 158 valence electrons. The quantitative estimate of drug-likeness (QED) is 0.583. The first-order chi connectivity index (χ1) is 14.3. The number of hydrogen-bond acceptors (Lipinski definition) is 6. The average Bonchev–Trinajstić information content (AvgIpc) is 2.73. The molecular weight excluding hydrogens is 404 g/mol. The molecule has 0 aliphatic carbocycles. The summed E-state index contributed by atoms with van der Waals surface area (Å²) in [4.78, 5) is 36.7. The van der Waals surface area contributed by atoms with Crippen molar-refractivity contribution in [2.45, 2.75) is 12.6 Å². The van der Waals surface area contributed by atoms with Gasteiger partial charge in [0, 0.05) is 19.2 Å². The number of piperazine rings is 1. The van der Waals surface area contributed by atoms with Crippen LogP contribution in [-0.4, -0.2) is 52.7 Å². The van der Waals surface area contributed by atoms with Gasteiger partial charge in [-0.1, -0.05) is 30.3 Å². The number of halogens is 2. The fraction of sp³-hybridized carbons (Fsp3) is 0.263. The van der Waals surface area contributed by atoms with E-state index >= 15 is 0 Å². The maximum Gasteiger partial charge on any atom is 0.410 e. The van der Waals surface area contributed by atoms with Crippen LogP contribution in [0.1, 0.15) is 5.56 Å². The third-order valence-corrected chi connectivity index (χ3v) is 4.65. The molecule has 3 rings (SSSR count). The number of carbonyl (C=O) groups is 2. The summed E-state index contributed by atoms with van der Waals surface area (Å²) in [6.45, 7) is -0.526. The summed E-state index contributed by atoms with van der Waals surface area (Å²) in [6.07, 6.45) is -0.746. The van der Waals surface area contributed by atoms with Gasteiger partial charge in [0.25, 0.3) is 5.69 Å². The lowest BCUT2D eigenvalue weighted by molar-refractivity contribution is -0.384. The molecule has 0 saturated carbocycles. The van der Waals surface area contributed by atoms with Crippen LogP contribution >= 0.6 is 0 Å². The minimum Gasteiger partial charge on any atom is -0.480 e. The predicted octanol–water partition coefficient (Wildman–Crippen LogP) is 2.79. The number of nitro benzene ring substituents is 1. The fourth-order valence-electron chi connectivity index (χ4n) is 3.16. The van der Waals surface area contributed by atoms with Gasteiger partial charge in [-0.2, -0.15) is 0 Å². The van der Waals surface area contributed by atoms with E-state index in [-0.39, 0.29) is 31.9 Å². The molecule has 2 aromatic carbocycles. The van der Waals surface area contributed by atoms with E-state index in [1.54, 1.807) is 30.3 Å². The van der Waals surface area contributed by atoms with Gasteiger partial charge in [0.15, 0.2) is 11.6 Å². The number of hydrogen-bond donors (Lipinski definition) is 1. The first-order valence-corrected chi connectivity index (χ1v) is 8.86. The predicted molar refractivity (Wildman–Crippen MR) is 100.0 cm³/mol. The Morgan fingerprint density at radius 2 is 1.83 bits per heavy atom. The highest BCUT2D eigenvalue weighted by Gasteiger charge is 2.38. The third-order valence-electron chi connectivity index (χ3n) is 4.65. The molecule has 0 aromatic heterocycles. The van der Waals surface area contributed by atoms with Gasteiger partial charge >= 0.3 is 12.1 Å². The number of nitrogens with zero attached hydrogens (tertiary/aromatic N) is 3. The largest absolute Gasteiger partial charge is 0.480 e. The molecule has 9 nitrogen and oxygen atoms in total. The molecule has 1 aliphatic heterocycles. The molecule has 2 aromatic rings. The summed E-state index contributed by atoms with van der Waals surface area (Å²) in [5.41, 5.74) is -0.388. The lowest BCUT2D eigenvalue weighted by Gasteiger charge is -2.39. The van der Waals surface area contributed by atoms with Crippen molar-refractivity contribution in [3.05, 3.63) is 69.8 Å². The molecule has 0 unspecified atom stereocenters. The zero-order valence-electron chi connectivity index (χ0n) is 15.5. The average molecular weight is 421 g/mol. The van der Waals surface area contributed by atoms with Crippen molar-refractivity contribution < 1.29 is 33.1 Å². The van der Waals surface area contributed by atoms with Crippen LogP contribution in [0.3, 0.4) is 0 Å². The Labute approximate surface area is 169 Å². The minimum atomic E-state index is -1.42.